The highest BCUT2D eigenvalue weighted by molar-refractivity contribution is 7.47. The number of phosphoric acid groups is 1. The number of ether oxygens (including phenoxy) is 2. The van der Waals surface area contributed by atoms with Crippen molar-refractivity contribution >= 4 is 19.8 Å². The van der Waals surface area contributed by atoms with Crippen LogP contribution in [0.5, 0.6) is 0 Å². The van der Waals surface area contributed by atoms with Gasteiger partial charge < -0.3 is 25.2 Å². The Morgan fingerprint density at radius 1 is 0.528 bits per heavy atom. The van der Waals surface area contributed by atoms with Crippen molar-refractivity contribution in [3.05, 3.63) is 0 Å². The highest BCUT2D eigenvalue weighted by Gasteiger charge is 2.27. The maximum Gasteiger partial charge on any atom is 0.472 e. The average Bonchev–Trinajstić information content (AvgIpc) is 3.13. The molecule has 0 bridgehead atoms. The summed E-state index contributed by atoms with van der Waals surface area (Å²) < 4.78 is 33.4. The average molecular weight is 778 g/mol. The first-order chi connectivity index (χ1) is 25.7. The summed E-state index contributed by atoms with van der Waals surface area (Å²) in [7, 11) is -4.61. The van der Waals surface area contributed by atoms with Crippen molar-refractivity contribution in [2.75, 3.05) is 26.4 Å². The maximum atomic E-state index is 12.6. The van der Waals surface area contributed by atoms with E-state index in [1.807, 2.05) is 0 Å². The first-order valence-electron chi connectivity index (χ1n) is 22.1. The van der Waals surface area contributed by atoms with Crippen molar-refractivity contribution in [2.24, 2.45) is 5.73 Å². The van der Waals surface area contributed by atoms with Gasteiger partial charge in [-0.15, -0.1) is 0 Å². The topological polar surface area (TPSA) is 155 Å². The van der Waals surface area contributed by atoms with E-state index in [0.717, 1.165) is 38.5 Å². The summed E-state index contributed by atoms with van der Waals surface area (Å²) in [6.07, 6.45) is 38.6. The summed E-state index contributed by atoms with van der Waals surface area (Å²) in [5.74, 6) is -1.77. The van der Waals surface area contributed by atoms with Crippen LogP contribution in [0.4, 0.5) is 0 Å². The fourth-order valence-corrected chi connectivity index (χ4v) is 7.21. The number of rotatable bonds is 43. The molecule has 0 aromatic carbocycles. The Hall–Kier alpha value is -1.03. The summed E-state index contributed by atoms with van der Waals surface area (Å²) in [5.41, 5.74) is 5.35. The fourth-order valence-electron chi connectivity index (χ4n) is 6.43. The second-order valence-corrected chi connectivity index (χ2v) is 16.6. The molecule has 0 amide bonds. The van der Waals surface area contributed by atoms with E-state index < -0.39 is 45.1 Å². The SMILES string of the molecule is CCCCCCCCCCCCCCCCCCCOCC(COP(=O)(O)OCC(N)C(=O)O)OC(=O)CCCCCCCCCCCCCCCC. The number of carbonyl (C=O) groups is 2. The van der Waals surface area contributed by atoms with Crippen LogP contribution >= 0.6 is 7.82 Å². The van der Waals surface area contributed by atoms with Gasteiger partial charge in [0.05, 0.1) is 19.8 Å². The van der Waals surface area contributed by atoms with E-state index >= 15 is 0 Å². The van der Waals surface area contributed by atoms with Gasteiger partial charge in [-0.1, -0.05) is 200 Å². The molecule has 0 heterocycles. The van der Waals surface area contributed by atoms with E-state index in [1.165, 1.54) is 161 Å². The number of phosphoric ester groups is 1. The van der Waals surface area contributed by atoms with Crippen molar-refractivity contribution in [3.8, 4) is 0 Å². The standard InChI is InChI=1S/C42H84NO9P/c1-3-5-7-9-11-13-15-17-19-20-21-23-25-27-29-31-33-35-49-36-39(37-50-53(47,48)51-38-40(43)42(45)46)52-41(44)34-32-30-28-26-24-22-18-16-14-12-10-8-6-4-2/h39-40H,3-38,43H2,1-2H3,(H,45,46)(H,47,48). The summed E-state index contributed by atoms with van der Waals surface area (Å²) in [6, 6.07) is -1.47. The third kappa shape index (κ3) is 39.0. The van der Waals surface area contributed by atoms with Crippen LogP contribution in [0.15, 0.2) is 0 Å². The number of carboxylic acid groups (broad SMARTS) is 1. The van der Waals surface area contributed by atoms with Crippen LogP contribution in [0.3, 0.4) is 0 Å². The molecule has 3 unspecified atom stereocenters. The number of hydrogen-bond acceptors (Lipinski definition) is 8. The van der Waals surface area contributed by atoms with Gasteiger partial charge in [-0.25, -0.2) is 4.57 Å². The van der Waals surface area contributed by atoms with E-state index in [0.29, 0.717) is 6.61 Å². The van der Waals surface area contributed by atoms with Crippen LogP contribution in [0.25, 0.3) is 0 Å². The Morgan fingerprint density at radius 2 is 0.868 bits per heavy atom. The van der Waals surface area contributed by atoms with Gasteiger partial charge in [0, 0.05) is 13.0 Å². The molecule has 3 atom stereocenters. The zero-order chi connectivity index (χ0) is 39.1. The number of unbranched alkanes of at least 4 members (excludes halogenated alkanes) is 29. The third-order valence-electron chi connectivity index (χ3n) is 9.89. The predicted octanol–water partition coefficient (Wildman–Crippen LogP) is 12.0. The Balaban J connectivity index is 4.17. The van der Waals surface area contributed by atoms with E-state index in [2.05, 4.69) is 13.8 Å². The third-order valence-corrected chi connectivity index (χ3v) is 10.8. The molecule has 0 aliphatic carbocycles. The van der Waals surface area contributed by atoms with E-state index in [4.69, 9.17) is 29.4 Å². The fraction of sp³-hybridized carbons (Fsp3) is 0.952. The highest BCUT2D eigenvalue weighted by atomic mass is 31.2. The van der Waals surface area contributed by atoms with Crippen LogP contribution < -0.4 is 5.73 Å². The minimum atomic E-state index is -4.61. The molecule has 0 rings (SSSR count). The van der Waals surface area contributed by atoms with Crippen molar-refractivity contribution in [2.45, 2.75) is 231 Å². The van der Waals surface area contributed by atoms with Crippen molar-refractivity contribution in [1.82, 2.24) is 0 Å². The van der Waals surface area contributed by atoms with Crippen LogP contribution in [0.1, 0.15) is 219 Å². The van der Waals surface area contributed by atoms with Crippen LogP contribution in [0.2, 0.25) is 0 Å². The van der Waals surface area contributed by atoms with Crippen molar-refractivity contribution in [1.29, 1.82) is 0 Å². The Morgan fingerprint density at radius 3 is 1.25 bits per heavy atom. The molecule has 0 aliphatic rings. The molecule has 0 saturated carbocycles. The Bertz CT molecular complexity index is 862. The summed E-state index contributed by atoms with van der Waals surface area (Å²) in [4.78, 5) is 33.5. The van der Waals surface area contributed by atoms with E-state index in [1.54, 1.807) is 0 Å². The smallest absolute Gasteiger partial charge is 0.472 e. The second kappa shape index (κ2) is 39.2. The van der Waals surface area contributed by atoms with Crippen LogP contribution in [-0.4, -0.2) is 60.5 Å². The van der Waals surface area contributed by atoms with Gasteiger partial charge in [0.2, 0.25) is 0 Å². The number of carbonyl (C=O) groups excluding carboxylic acids is 1. The number of hydrogen-bond donors (Lipinski definition) is 3. The molecule has 0 aliphatic heterocycles. The molecular weight excluding hydrogens is 693 g/mol. The largest absolute Gasteiger partial charge is 0.480 e. The van der Waals surface area contributed by atoms with Gasteiger partial charge in [0.1, 0.15) is 12.1 Å². The Labute approximate surface area is 325 Å². The molecule has 0 saturated heterocycles. The number of nitrogens with two attached hydrogens (primary N) is 1. The molecule has 4 N–H and O–H groups in total. The number of esters is 1. The Kier molecular flexibility index (Phi) is 38.5. The maximum absolute atomic E-state index is 12.6. The lowest BCUT2D eigenvalue weighted by Crippen LogP contribution is -2.34. The minimum Gasteiger partial charge on any atom is -0.480 e. The quantitative estimate of drug-likeness (QED) is 0.0309. The lowest BCUT2D eigenvalue weighted by molar-refractivity contribution is -0.154. The molecule has 0 spiro atoms. The van der Waals surface area contributed by atoms with Crippen molar-refractivity contribution in [3.63, 3.8) is 0 Å². The second-order valence-electron chi connectivity index (χ2n) is 15.2. The van der Waals surface area contributed by atoms with Gasteiger partial charge in [-0.3, -0.25) is 18.6 Å². The number of carboxylic acids is 1. The van der Waals surface area contributed by atoms with Crippen LogP contribution in [0, 0.1) is 0 Å². The predicted molar refractivity (Wildman–Crippen MR) is 217 cm³/mol. The zero-order valence-electron chi connectivity index (χ0n) is 34.4. The van der Waals surface area contributed by atoms with Gasteiger partial charge >= 0.3 is 19.8 Å². The first kappa shape index (κ1) is 52.0. The number of aliphatic carboxylic acids is 1. The van der Waals surface area contributed by atoms with Crippen molar-refractivity contribution < 1.29 is 42.7 Å². The molecule has 53 heavy (non-hydrogen) atoms. The van der Waals surface area contributed by atoms with E-state index in [-0.39, 0.29) is 13.0 Å². The summed E-state index contributed by atoms with van der Waals surface area (Å²) in [6.45, 7) is 3.93. The van der Waals surface area contributed by atoms with E-state index in [9.17, 15) is 19.0 Å². The highest BCUT2D eigenvalue weighted by Crippen LogP contribution is 2.43. The lowest BCUT2D eigenvalue weighted by Gasteiger charge is -2.20. The summed E-state index contributed by atoms with van der Waals surface area (Å²) in [5, 5.41) is 8.89. The van der Waals surface area contributed by atoms with Gasteiger partial charge in [-0.2, -0.15) is 0 Å². The summed E-state index contributed by atoms with van der Waals surface area (Å²) >= 11 is 0. The van der Waals surface area contributed by atoms with Gasteiger partial charge in [-0.05, 0) is 12.8 Å². The van der Waals surface area contributed by atoms with Gasteiger partial charge in [0.25, 0.3) is 0 Å². The molecular formula is C42H84NO9P. The van der Waals surface area contributed by atoms with Gasteiger partial charge in [0.15, 0.2) is 0 Å². The zero-order valence-corrected chi connectivity index (χ0v) is 35.3. The first-order valence-corrected chi connectivity index (χ1v) is 23.6. The lowest BCUT2D eigenvalue weighted by atomic mass is 10.0. The molecule has 10 nitrogen and oxygen atoms in total. The molecule has 0 fully saturated rings. The molecule has 0 radical (unpaired) electrons. The molecule has 316 valence electrons. The molecule has 11 heteroatoms. The molecule has 0 aromatic heterocycles. The monoisotopic (exact) mass is 778 g/mol. The normalized spacial score (nSPS) is 13.9. The van der Waals surface area contributed by atoms with Crippen LogP contribution in [-0.2, 0) is 32.7 Å². The molecule has 0 aromatic rings. The minimum absolute atomic E-state index is 0.0258.